The molecule has 0 bridgehead atoms. The Hall–Kier alpha value is -0.820. The van der Waals surface area contributed by atoms with Crippen molar-refractivity contribution in [2.24, 2.45) is 0 Å². The fourth-order valence-corrected chi connectivity index (χ4v) is 0.579. The average Bonchev–Trinajstić information content (AvgIpc) is 1.97. The summed E-state index contributed by atoms with van der Waals surface area (Å²) in [6.45, 7) is 3.59. The van der Waals surface area contributed by atoms with Crippen LogP contribution in [0.3, 0.4) is 0 Å². The maximum atomic E-state index is 11.7. The first-order valence-corrected chi connectivity index (χ1v) is 4.34. The van der Waals surface area contributed by atoms with E-state index in [-0.39, 0.29) is 6.54 Å². The van der Waals surface area contributed by atoms with Crippen molar-refractivity contribution in [3.8, 4) is 0 Å². The summed E-state index contributed by atoms with van der Waals surface area (Å²) in [5.74, 6) is -0.767. The molecule has 0 saturated heterocycles. The number of nitrogens with one attached hydrogen (secondary N) is 2. The number of hydrogen-bond donors (Lipinski definition) is 2. The largest absolute Gasteiger partial charge is 0.405 e. The third-order valence-corrected chi connectivity index (χ3v) is 1.10. The summed E-state index contributed by atoms with van der Waals surface area (Å²) in [5, 5.41) is 1.70. The minimum Gasteiger partial charge on any atom is -0.346 e. The minimum absolute atomic E-state index is 0.312. The summed E-state index contributed by atoms with van der Waals surface area (Å²) < 4.78 is 35.0. The maximum absolute atomic E-state index is 11.7. The highest BCUT2D eigenvalue weighted by atomic mass is 19.4. The first-order valence-electron chi connectivity index (χ1n) is 4.34. The van der Waals surface area contributed by atoms with E-state index in [1.807, 2.05) is 0 Å². The Morgan fingerprint density at radius 1 is 1.27 bits per heavy atom. The van der Waals surface area contributed by atoms with Gasteiger partial charge in [-0.2, -0.15) is 18.7 Å². The monoisotopic (exact) mass is 228 g/mol. The molecule has 1 amide bonds. The van der Waals surface area contributed by atoms with Gasteiger partial charge in [0.2, 0.25) is 5.91 Å². The van der Waals surface area contributed by atoms with Gasteiger partial charge < -0.3 is 5.32 Å². The molecular formula is C8H15F3N2O2. The van der Waals surface area contributed by atoms with Crippen LogP contribution in [0.1, 0.15) is 20.8 Å². The zero-order valence-corrected chi connectivity index (χ0v) is 8.86. The molecular weight excluding hydrogens is 213 g/mol. The van der Waals surface area contributed by atoms with E-state index in [9.17, 15) is 18.0 Å². The van der Waals surface area contributed by atoms with Crippen molar-refractivity contribution < 1.29 is 22.8 Å². The summed E-state index contributed by atoms with van der Waals surface area (Å²) in [5.41, 5.74) is 1.79. The lowest BCUT2D eigenvalue weighted by Gasteiger charge is -2.19. The summed E-state index contributed by atoms with van der Waals surface area (Å²) in [4.78, 5) is 15.8. The molecule has 0 rings (SSSR count). The lowest BCUT2D eigenvalue weighted by molar-refractivity contribution is -0.141. The van der Waals surface area contributed by atoms with Crippen molar-refractivity contribution in [3.05, 3.63) is 0 Å². The second kappa shape index (κ2) is 5.32. The summed E-state index contributed by atoms with van der Waals surface area (Å²) >= 11 is 0. The van der Waals surface area contributed by atoms with Gasteiger partial charge in [-0.1, -0.05) is 0 Å². The molecule has 90 valence electrons. The molecule has 15 heavy (non-hydrogen) atoms. The van der Waals surface area contributed by atoms with Crippen molar-refractivity contribution in [2.75, 3.05) is 13.1 Å². The third-order valence-electron chi connectivity index (χ3n) is 1.10. The number of hydrogen-bond acceptors (Lipinski definition) is 3. The second-order valence-corrected chi connectivity index (χ2v) is 3.93. The van der Waals surface area contributed by atoms with Crippen molar-refractivity contribution >= 4 is 5.91 Å². The molecule has 0 atom stereocenters. The number of carbonyl (C=O) groups excluding carboxylic acids is 1. The zero-order chi connectivity index (χ0) is 12.1. The predicted molar refractivity (Wildman–Crippen MR) is 47.9 cm³/mol. The molecule has 2 N–H and O–H groups in total. The van der Waals surface area contributed by atoms with Crippen LogP contribution >= 0.6 is 0 Å². The molecule has 0 heterocycles. The van der Waals surface area contributed by atoms with Gasteiger partial charge in [-0.25, -0.2) is 0 Å². The Labute approximate surface area is 86.1 Å². The van der Waals surface area contributed by atoms with Crippen LogP contribution in [-0.2, 0) is 9.63 Å². The molecule has 7 heteroatoms. The van der Waals surface area contributed by atoms with Crippen LogP contribution in [0.15, 0.2) is 0 Å². The van der Waals surface area contributed by atoms with Gasteiger partial charge in [0.1, 0.15) is 6.54 Å². The molecule has 0 radical (unpaired) electrons. The standard InChI is InChI=1S/C8H15F3N2O2/c1-7(2,3)15-13-4-6(14)12-5-8(9,10)11/h13H,4-5H2,1-3H3,(H,12,14). The van der Waals surface area contributed by atoms with Crippen LogP contribution in [0.5, 0.6) is 0 Å². The first kappa shape index (κ1) is 14.2. The minimum atomic E-state index is -4.39. The Morgan fingerprint density at radius 2 is 1.80 bits per heavy atom. The fourth-order valence-electron chi connectivity index (χ4n) is 0.579. The molecule has 0 aromatic heterocycles. The smallest absolute Gasteiger partial charge is 0.346 e. The van der Waals surface area contributed by atoms with E-state index in [1.165, 1.54) is 0 Å². The predicted octanol–water partition coefficient (Wildman–Crippen LogP) is 0.985. The highest BCUT2D eigenvalue weighted by molar-refractivity contribution is 5.77. The molecule has 0 unspecified atom stereocenters. The summed E-state index contributed by atoms with van der Waals surface area (Å²) in [7, 11) is 0. The van der Waals surface area contributed by atoms with Crippen LogP contribution in [0.25, 0.3) is 0 Å². The highest BCUT2D eigenvalue weighted by Crippen LogP contribution is 2.11. The number of carbonyl (C=O) groups is 1. The lowest BCUT2D eigenvalue weighted by atomic mass is 10.2. The van der Waals surface area contributed by atoms with Gasteiger partial charge in [-0.05, 0) is 20.8 Å². The van der Waals surface area contributed by atoms with Crippen molar-refractivity contribution in [1.82, 2.24) is 10.8 Å². The Kier molecular flexibility index (Phi) is 5.02. The van der Waals surface area contributed by atoms with E-state index in [2.05, 4.69) is 5.48 Å². The molecule has 0 aliphatic carbocycles. The van der Waals surface area contributed by atoms with Gasteiger partial charge in [0.05, 0.1) is 12.1 Å². The fraction of sp³-hybridized carbons (Fsp3) is 0.875. The molecule has 0 saturated carbocycles. The van der Waals surface area contributed by atoms with Crippen LogP contribution in [0.2, 0.25) is 0 Å². The number of halogens is 3. The van der Waals surface area contributed by atoms with Gasteiger partial charge in [0.15, 0.2) is 0 Å². The van der Waals surface area contributed by atoms with Gasteiger partial charge in [-0.15, -0.1) is 0 Å². The van der Waals surface area contributed by atoms with Crippen molar-refractivity contribution in [1.29, 1.82) is 0 Å². The average molecular weight is 228 g/mol. The van der Waals surface area contributed by atoms with Gasteiger partial charge in [0, 0.05) is 0 Å². The van der Waals surface area contributed by atoms with Gasteiger partial charge >= 0.3 is 6.18 Å². The van der Waals surface area contributed by atoms with Crippen LogP contribution in [-0.4, -0.2) is 30.8 Å². The van der Waals surface area contributed by atoms with Crippen molar-refractivity contribution in [3.63, 3.8) is 0 Å². The molecule has 4 nitrogen and oxygen atoms in total. The Balaban J connectivity index is 3.60. The number of rotatable bonds is 4. The topological polar surface area (TPSA) is 50.4 Å². The van der Waals surface area contributed by atoms with E-state index in [0.29, 0.717) is 0 Å². The van der Waals surface area contributed by atoms with Gasteiger partial charge in [-0.3, -0.25) is 9.63 Å². The van der Waals surface area contributed by atoms with Crippen molar-refractivity contribution in [2.45, 2.75) is 32.5 Å². The SMILES string of the molecule is CC(C)(C)ONCC(=O)NCC(F)(F)F. The normalized spacial score (nSPS) is 12.7. The van der Waals surface area contributed by atoms with E-state index >= 15 is 0 Å². The summed E-state index contributed by atoms with van der Waals surface area (Å²) in [6, 6.07) is 0. The van der Waals surface area contributed by atoms with Gasteiger partial charge in [0.25, 0.3) is 0 Å². The molecule has 0 spiro atoms. The Morgan fingerprint density at radius 3 is 2.20 bits per heavy atom. The third kappa shape index (κ3) is 11.1. The zero-order valence-electron chi connectivity index (χ0n) is 8.86. The Bertz CT molecular complexity index is 211. The molecule has 0 aliphatic rings. The number of alkyl halides is 3. The second-order valence-electron chi connectivity index (χ2n) is 3.93. The van der Waals surface area contributed by atoms with E-state index in [1.54, 1.807) is 26.1 Å². The molecule has 0 aromatic rings. The maximum Gasteiger partial charge on any atom is 0.405 e. The van der Waals surface area contributed by atoms with Crippen LogP contribution in [0.4, 0.5) is 13.2 Å². The number of hydroxylamine groups is 1. The van der Waals surface area contributed by atoms with E-state index in [4.69, 9.17) is 4.84 Å². The van der Waals surface area contributed by atoms with Crippen LogP contribution < -0.4 is 10.8 Å². The molecule has 0 aromatic carbocycles. The quantitative estimate of drug-likeness (QED) is 0.705. The first-order chi connectivity index (χ1) is 6.60. The molecule has 0 fully saturated rings. The van der Waals surface area contributed by atoms with Crippen LogP contribution in [0, 0.1) is 0 Å². The highest BCUT2D eigenvalue weighted by Gasteiger charge is 2.27. The molecule has 0 aliphatic heterocycles. The van der Waals surface area contributed by atoms with E-state index in [0.717, 1.165) is 0 Å². The number of amides is 1. The summed E-state index contributed by atoms with van der Waals surface area (Å²) in [6.07, 6.45) is -4.39. The van der Waals surface area contributed by atoms with E-state index < -0.39 is 24.2 Å². The lowest BCUT2D eigenvalue weighted by Crippen LogP contribution is -2.41.